The molecule has 1 heterocycles. The Labute approximate surface area is 169 Å². The van der Waals surface area contributed by atoms with Crippen LogP contribution in [0.1, 0.15) is 32.6 Å². The number of aliphatic imine (C=N–C) groups is 1. The minimum atomic E-state index is 0. The van der Waals surface area contributed by atoms with Crippen LogP contribution < -0.4 is 10.6 Å². The van der Waals surface area contributed by atoms with E-state index in [1.165, 1.54) is 12.8 Å². The lowest BCUT2D eigenvalue weighted by Crippen LogP contribution is -2.50. The highest BCUT2D eigenvalue weighted by molar-refractivity contribution is 14.0. The minimum absolute atomic E-state index is 0. The van der Waals surface area contributed by atoms with E-state index in [9.17, 15) is 4.79 Å². The van der Waals surface area contributed by atoms with Gasteiger partial charge in [0.05, 0.1) is 13.1 Å². The van der Waals surface area contributed by atoms with Crippen LogP contribution in [0.3, 0.4) is 0 Å². The lowest BCUT2D eigenvalue weighted by Gasteiger charge is -2.35. The zero-order valence-corrected chi connectivity index (χ0v) is 17.6. The van der Waals surface area contributed by atoms with Crippen LogP contribution in [0.4, 0.5) is 0 Å². The van der Waals surface area contributed by atoms with E-state index in [0.717, 1.165) is 64.6 Å². The molecular formula is C18H32IN5O. The Bertz CT molecular complexity index is 463. The summed E-state index contributed by atoms with van der Waals surface area (Å²) in [6.45, 7) is 8.59. The van der Waals surface area contributed by atoms with E-state index < -0.39 is 0 Å². The van der Waals surface area contributed by atoms with Crippen molar-refractivity contribution in [3.05, 3.63) is 0 Å². The predicted molar refractivity (Wildman–Crippen MR) is 113 cm³/mol. The molecule has 1 aliphatic carbocycles. The molecule has 142 valence electrons. The Morgan fingerprint density at radius 1 is 1.20 bits per heavy atom. The van der Waals surface area contributed by atoms with Gasteiger partial charge in [-0.2, -0.15) is 0 Å². The number of guanidine groups is 1. The topological polar surface area (TPSA) is 60.0 Å². The molecule has 1 saturated heterocycles. The van der Waals surface area contributed by atoms with Crippen molar-refractivity contribution in [3.8, 4) is 12.3 Å². The Hall–Kier alpha value is -1.01. The smallest absolute Gasteiger partial charge is 0.225 e. The number of nitrogens with one attached hydrogen (secondary N) is 2. The van der Waals surface area contributed by atoms with E-state index in [4.69, 9.17) is 6.42 Å². The van der Waals surface area contributed by atoms with E-state index in [1.54, 1.807) is 0 Å². The second-order valence-electron chi connectivity index (χ2n) is 6.47. The van der Waals surface area contributed by atoms with Gasteiger partial charge < -0.3 is 15.5 Å². The fourth-order valence-corrected chi connectivity index (χ4v) is 3.40. The number of terminal acetylenes is 1. The van der Waals surface area contributed by atoms with Gasteiger partial charge >= 0.3 is 0 Å². The predicted octanol–water partition coefficient (Wildman–Crippen LogP) is 1.13. The monoisotopic (exact) mass is 461 g/mol. The van der Waals surface area contributed by atoms with Crippen molar-refractivity contribution in [2.24, 2.45) is 10.9 Å². The van der Waals surface area contributed by atoms with Crippen LogP contribution in [-0.4, -0.2) is 74.0 Å². The Balaban J connectivity index is 0.00000312. The van der Waals surface area contributed by atoms with Crippen molar-refractivity contribution in [2.45, 2.75) is 32.6 Å². The number of hydrogen-bond donors (Lipinski definition) is 2. The first-order valence-electron chi connectivity index (χ1n) is 9.21. The molecule has 0 aromatic rings. The van der Waals surface area contributed by atoms with Crippen molar-refractivity contribution in [3.63, 3.8) is 0 Å². The maximum Gasteiger partial charge on any atom is 0.225 e. The van der Waals surface area contributed by atoms with E-state index in [0.29, 0.717) is 18.4 Å². The summed E-state index contributed by atoms with van der Waals surface area (Å²) in [6, 6.07) is 0. The minimum Gasteiger partial charge on any atom is -0.357 e. The number of hydrogen-bond acceptors (Lipinski definition) is 3. The molecule has 0 radical (unpaired) electrons. The quantitative estimate of drug-likeness (QED) is 0.270. The van der Waals surface area contributed by atoms with Gasteiger partial charge in [-0.3, -0.25) is 14.7 Å². The zero-order valence-electron chi connectivity index (χ0n) is 15.3. The average Bonchev–Trinajstić information content (AvgIpc) is 3.14. The van der Waals surface area contributed by atoms with Crippen LogP contribution >= 0.6 is 24.0 Å². The van der Waals surface area contributed by atoms with Gasteiger partial charge in [0, 0.05) is 45.2 Å². The summed E-state index contributed by atoms with van der Waals surface area (Å²) in [6.07, 6.45) is 9.88. The van der Waals surface area contributed by atoms with E-state index in [-0.39, 0.29) is 24.0 Å². The lowest BCUT2D eigenvalue weighted by molar-refractivity contribution is -0.137. The summed E-state index contributed by atoms with van der Waals surface area (Å²) < 4.78 is 0. The average molecular weight is 461 g/mol. The summed E-state index contributed by atoms with van der Waals surface area (Å²) in [4.78, 5) is 21.4. The standard InChI is InChI=1S/C18H31N5O.HI/c1-3-9-20-18(19-4-2)21-10-11-22-12-14-23(15-13-22)17(24)16-7-5-6-8-16;/h1,16H,4-15H2,2H3,(H2,19,20,21);1H. The molecule has 7 heteroatoms. The van der Waals surface area contributed by atoms with E-state index in [1.807, 2.05) is 6.92 Å². The lowest BCUT2D eigenvalue weighted by atomic mass is 10.1. The number of carbonyl (C=O) groups excluding carboxylic acids is 1. The number of amides is 1. The van der Waals surface area contributed by atoms with Gasteiger partial charge in [-0.25, -0.2) is 0 Å². The molecule has 6 nitrogen and oxygen atoms in total. The third-order valence-electron chi connectivity index (χ3n) is 4.78. The highest BCUT2D eigenvalue weighted by atomic mass is 127. The van der Waals surface area contributed by atoms with Gasteiger partial charge in [-0.1, -0.05) is 18.8 Å². The van der Waals surface area contributed by atoms with Gasteiger partial charge in [0.15, 0.2) is 5.96 Å². The summed E-state index contributed by atoms with van der Waals surface area (Å²) in [7, 11) is 0. The van der Waals surface area contributed by atoms with Crippen molar-refractivity contribution in [1.82, 2.24) is 20.4 Å². The normalized spacial score (nSPS) is 19.2. The SMILES string of the molecule is C#CCNC(=NCCN1CCN(C(=O)C2CCCC2)CC1)NCC.I. The van der Waals surface area contributed by atoms with Crippen LogP contribution in [0.2, 0.25) is 0 Å². The van der Waals surface area contributed by atoms with Gasteiger partial charge in [0.1, 0.15) is 0 Å². The molecular weight excluding hydrogens is 429 g/mol. The first kappa shape index (κ1) is 22.0. The molecule has 0 atom stereocenters. The van der Waals surface area contributed by atoms with Crippen LogP contribution in [0, 0.1) is 18.3 Å². The maximum atomic E-state index is 12.4. The molecule has 0 bridgehead atoms. The van der Waals surface area contributed by atoms with Gasteiger partial charge in [-0.05, 0) is 19.8 Å². The molecule has 2 N–H and O–H groups in total. The van der Waals surface area contributed by atoms with Crippen LogP contribution in [0.15, 0.2) is 4.99 Å². The van der Waals surface area contributed by atoms with Gasteiger partial charge in [-0.15, -0.1) is 30.4 Å². The van der Waals surface area contributed by atoms with Crippen molar-refractivity contribution >= 4 is 35.8 Å². The van der Waals surface area contributed by atoms with Crippen molar-refractivity contribution in [1.29, 1.82) is 0 Å². The molecule has 2 rings (SSSR count). The van der Waals surface area contributed by atoms with Crippen molar-refractivity contribution in [2.75, 3.05) is 52.4 Å². The van der Waals surface area contributed by atoms with Crippen LogP contribution in [0.25, 0.3) is 0 Å². The number of rotatable bonds is 6. The van der Waals surface area contributed by atoms with Gasteiger partial charge in [0.2, 0.25) is 5.91 Å². The first-order chi connectivity index (χ1) is 11.7. The number of halogens is 1. The second kappa shape index (κ2) is 12.4. The molecule has 0 unspecified atom stereocenters. The number of piperazine rings is 1. The van der Waals surface area contributed by atoms with E-state index in [2.05, 4.69) is 31.3 Å². The Morgan fingerprint density at radius 3 is 2.48 bits per heavy atom. The molecule has 2 fully saturated rings. The highest BCUT2D eigenvalue weighted by Gasteiger charge is 2.29. The van der Waals surface area contributed by atoms with Crippen molar-refractivity contribution < 1.29 is 4.79 Å². The summed E-state index contributed by atoms with van der Waals surface area (Å²) >= 11 is 0. The fraction of sp³-hybridized carbons (Fsp3) is 0.778. The Morgan fingerprint density at radius 2 is 1.88 bits per heavy atom. The summed E-state index contributed by atoms with van der Waals surface area (Å²) in [5.41, 5.74) is 0. The zero-order chi connectivity index (χ0) is 17.2. The summed E-state index contributed by atoms with van der Waals surface area (Å²) in [5.74, 6) is 4.01. The molecule has 25 heavy (non-hydrogen) atoms. The second-order valence-corrected chi connectivity index (χ2v) is 6.47. The molecule has 1 amide bonds. The van der Waals surface area contributed by atoms with E-state index >= 15 is 0 Å². The molecule has 1 aliphatic heterocycles. The third kappa shape index (κ3) is 7.40. The van der Waals surface area contributed by atoms with Crippen LogP contribution in [-0.2, 0) is 4.79 Å². The maximum absolute atomic E-state index is 12.4. The molecule has 0 aromatic heterocycles. The molecule has 0 aromatic carbocycles. The molecule has 2 aliphatic rings. The van der Waals surface area contributed by atoms with Crippen LogP contribution in [0.5, 0.6) is 0 Å². The number of nitrogens with zero attached hydrogens (tertiary/aromatic N) is 3. The number of carbonyl (C=O) groups is 1. The highest BCUT2D eigenvalue weighted by Crippen LogP contribution is 2.26. The fourth-order valence-electron chi connectivity index (χ4n) is 3.40. The molecule has 0 spiro atoms. The Kier molecular flexibility index (Phi) is 10.9. The first-order valence-corrected chi connectivity index (χ1v) is 9.21. The summed E-state index contributed by atoms with van der Waals surface area (Å²) in [5, 5.41) is 6.27. The van der Waals surface area contributed by atoms with Gasteiger partial charge in [0.25, 0.3) is 0 Å². The molecule has 1 saturated carbocycles. The third-order valence-corrected chi connectivity index (χ3v) is 4.78. The largest absolute Gasteiger partial charge is 0.357 e.